The number of aryl methyl sites for hydroxylation is 1. The van der Waals surface area contributed by atoms with Crippen LogP contribution in [-0.2, 0) is 20.0 Å². The van der Waals surface area contributed by atoms with Gasteiger partial charge in [0.05, 0.1) is 18.1 Å². The van der Waals surface area contributed by atoms with E-state index in [4.69, 9.17) is 0 Å². The third kappa shape index (κ3) is 2.46. The number of fused-ring (bicyclic) bond motifs is 1. The number of halogens is 1. The quantitative estimate of drug-likeness (QED) is 0.926. The first kappa shape index (κ1) is 13.3. The van der Waals surface area contributed by atoms with Crippen molar-refractivity contribution in [1.82, 2.24) is 14.5 Å². The van der Waals surface area contributed by atoms with Crippen LogP contribution >= 0.6 is 0 Å². The maximum Gasteiger partial charge on any atom is 0.129 e. The van der Waals surface area contributed by atoms with E-state index in [2.05, 4.69) is 9.88 Å². The molecule has 3 rings (SSSR count). The predicted molar refractivity (Wildman–Crippen MR) is 73.5 cm³/mol. The molecule has 2 heterocycles. The Hall–Kier alpha value is -1.72. The second kappa shape index (κ2) is 5.34. The van der Waals surface area contributed by atoms with E-state index in [1.807, 2.05) is 17.9 Å². The third-order valence-electron chi connectivity index (χ3n) is 3.88. The number of β-amino-alcohol motifs (C(OH)–C–C–N with tert-alkyl or cyclic N) is 1. The molecule has 0 bridgehead atoms. The third-order valence-corrected chi connectivity index (χ3v) is 3.88. The second-order valence-corrected chi connectivity index (χ2v) is 5.27. The molecule has 0 fully saturated rings. The predicted octanol–water partition coefficient (Wildman–Crippen LogP) is 1.65. The van der Waals surface area contributed by atoms with Gasteiger partial charge in [-0.3, -0.25) is 4.90 Å². The van der Waals surface area contributed by atoms with Crippen LogP contribution in [0.2, 0.25) is 0 Å². The van der Waals surface area contributed by atoms with Crippen molar-refractivity contribution >= 4 is 0 Å². The zero-order valence-electron chi connectivity index (χ0n) is 11.5. The Morgan fingerprint density at radius 2 is 2.20 bits per heavy atom. The molecule has 1 aromatic heterocycles. The highest BCUT2D eigenvalue weighted by Gasteiger charge is 2.23. The van der Waals surface area contributed by atoms with Gasteiger partial charge in [-0.25, -0.2) is 9.37 Å². The summed E-state index contributed by atoms with van der Waals surface area (Å²) >= 11 is 0. The minimum absolute atomic E-state index is 0.351. The van der Waals surface area contributed by atoms with Gasteiger partial charge in [0.25, 0.3) is 0 Å². The lowest BCUT2D eigenvalue weighted by molar-refractivity contribution is 0.102. The maximum atomic E-state index is 13.6. The van der Waals surface area contributed by atoms with E-state index in [0.29, 0.717) is 18.7 Å². The molecule has 5 heteroatoms. The fraction of sp³-hybridized carbons (Fsp3) is 0.400. The van der Waals surface area contributed by atoms with Crippen LogP contribution in [-0.4, -0.2) is 32.6 Å². The van der Waals surface area contributed by atoms with Crippen LogP contribution in [0.3, 0.4) is 0 Å². The van der Waals surface area contributed by atoms with Crippen molar-refractivity contribution in [3.05, 3.63) is 53.4 Å². The summed E-state index contributed by atoms with van der Waals surface area (Å²) < 4.78 is 15.7. The molecule has 1 aliphatic heterocycles. The van der Waals surface area contributed by atoms with Gasteiger partial charge in [0, 0.05) is 44.4 Å². The van der Waals surface area contributed by atoms with E-state index < -0.39 is 6.10 Å². The number of nitrogens with zero attached hydrogens (tertiary/aromatic N) is 3. The van der Waals surface area contributed by atoms with Gasteiger partial charge in [-0.15, -0.1) is 0 Å². The SMILES string of the molecule is Cn1cnc2c1CCN(C[C@@H](O)c1ccccc1F)C2. The molecule has 0 aliphatic carbocycles. The van der Waals surface area contributed by atoms with E-state index >= 15 is 0 Å². The van der Waals surface area contributed by atoms with Gasteiger partial charge in [0.1, 0.15) is 5.82 Å². The first-order chi connectivity index (χ1) is 9.65. The van der Waals surface area contributed by atoms with Crippen LogP contribution < -0.4 is 0 Å². The standard InChI is InChI=1S/C15H18FN3O/c1-18-10-17-13-8-19(7-6-14(13)18)9-15(20)11-4-2-3-5-12(11)16/h2-5,10,15,20H,6-9H2,1H3/t15-/m1/s1. The van der Waals surface area contributed by atoms with Crippen molar-refractivity contribution in [3.63, 3.8) is 0 Å². The second-order valence-electron chi connectivity index (χ2n) is 5.27. The summed E-state index contributed by atoms with van der Waals surface area (Å²) in [6, 6.07) is 6.39. The van der Waals surface area contributed by atoms with Crippen LogP contribution in [0.5, 0.6) is 0 Å². The van der Waals surface area contributed by atoms with Gasteiger partial charge in [0.15, 0.2) is 0 Å². The van der Waals surface area contributed by atoms with E-state index in [1.165, 1.54) is 11.8 Å². The summed E-state index contributed by atoms with van der Waals surface area (Å²) in [5.74, 6) is -0.351. The lowest BCUT2D eigenvalue weighted by atomic mass is 10.1. The van der Waals surface area contributed by atoms with E-state index in [0.717, 1.165) is 18.7 Å². The van der Waals surface area contributed by atoms with Gasteiger partial charge in [-0.2, -0.15) is 0 Å². The molecule has 106 valence electrons. The van der Waals surface area contributed by atoms with E-state index in [1.54, 1.807) is 18.2 Å². The Balaban J connectivity index is 1.69. The van der Waals surface area contributed by atoms with E-state index in [-0.39, 0.29) is 5.82 Å². The number of aliphatic hydroxyl groups is 1. The summed E-state index contributed by atoms with van der Waals surface area (Å²) in [5.41, 5.74) is 2.67. The summed E-state index contributed by atoms with van der Waals surface area (Å²) in [4.78, 5) is 6.49. The number of rotatable bonds is 3. The monoisotopic (exact) mass is 275 g/mol. The molecule has 4 nitrogen and oxygen atoms in total. The molecule has 1 N–H and O–H groups in total. The van der Waals surface area contributed by atoms with Crippen molar-refractivity contribution in [1.29, 1.82) is 0 Å². The van der Waals surface area contributed by atoms with Gasteiger partial charge in [-0.1, -0.05) is 18.2 Å². The van der Waals surface area contributed by atoms with Gasteiger partial charge in [0.2, 0.25) is 0 Å². The van der Waals surface area contributed by atoms with Crippen LogP contribution in [0.15, 0.2) is 30.6 Å². The molecule has 0 radical (unpaired) electrons. The molecule has 0 saturated carbocycles. The van der Waals surface area contributed by atoms with Gasteiger partial charge in [-0.05, 0) is 6.07 Å². The Bertz CT molecular complexity index is 611. The Morgan fingerprint density at radius 1 is 1.40 bits per heavy atom. The number of hydrogen-bond acceptors (Lipinski definition) is 3. The van der Waals surface area contributed by atoms with Gasteiger partial charge < -0.3 is 9.67 Å². The Morgan fingerprint density at radius 3 is 3.00 bits per heavy atom. The summed E-state index contributed by atoms with van der Waals surface area (Å²) in [5, 5.41) is 10.2. The highest BCUT2D eigenvalue weighted by Crippen LogP contribution is 2.22. The number of aromatic nitrogens is 2. The van der Waals surface area contributed by atoms with E-state index in [9.17, 15) is 9.50 Å². The lowest BCUT2D eigenvalue weighted by Gasteiger charge is -2.28. The maximum absolute atomic E-state index is 13.6. The molecule has 0 amide bonds. The first-order valence-electron chi connectivity index (χ1n) is 6.79. The molecule has 2 aromatic rings. The fourth-order valence-electron chi connectivity index (χ4n) is 2.76. The average Bonchev–Trinajstić information content (AvgIpc) is 2.80. The zero-order valence-corrected chi connectivity index (χ0v) is 11.5. The van der Waals surface area contributed by atoms with Crippen molar-refractivity contribution in [2.45, 2.75) is 19.1 Å². The molecule has 1 aliphatic rings. The molecule has 1 aromatic carbocycles. The smallest absolute Gasteiger partial charge is 0.129 e. The van der Waals surface area contributed by atoms with Crippen LogP contribution in [0, 0.1) is 5.82 Å². The minimum Gasteiger partial charge on any atom is -0.387 e. The molecule has 0 saturated heterocycles. The van der Waals surface area contributed by atoms with Crippen LogP contribution in [0.1, 0.15) is 23.1 Å². The highest BCUT2D eigenvalue weighted by atomic mass is 19.1. The zero-order chi connectivity index (χ0) is 14.1. The fourth-order valence-corrected chi connectivity index (χ4v) is 2.76. The largest absolute Gasteiger partial charge is 0.387 e. The summed E-state index contributed by atoms with van der Waals surface area (Å²) in [7, 11) is 2.00. The topological polar surface area (TPSA) is 41.3 Å². The highest BCUT2D eigenvalue weighted by molar-refractivity contribution is 5.21. The minimum atomic E-state index is -0.804. The number of imidazole rings is 1. The average molecular weight is 275 g/mol. The number of aliphatic hydroxyl groups excluding tert-OH is 1. The summed E-state index contributed by atoms with van der Waals surface area (Å²) in [6.07, 6.45) is 1.93. The Labute approximate surface area is 117 Å². The van der Waals surface area contributed by atoms with Crippen LogP contribution in [0.25, 0.3) is 0 Å². The molecule has 0 spiro atoms. The lowest BCUT2D eigenvalue weighted by Crippen LogP contribution is -2.34. The molecule has 0 unspecified atom stereocenters. The number of benzene rings is 1. The van der Waals surface area contributed by atoms with Crippen molar-refractivity contribution in [3.8, 4) is 0 Å². The van der Waals surface area contributed by atoms with Crippen molar-refractivity contribution in [2.24, 2.45) is 7.05 Å². The Kier molecular flexibility index (Phi) is 3.54. The van der Waals surface area contributed by atoms with Crippen molar-refractivity contribution in [2.75, 3.05) is 13.1 Å². The summed E-state index contributed by atoms with van der Waals surface area (Å²) in [6.45, 7) is 2.00. The van der Waals surface area contributed by atoms with Crippen LogP contribution in [0.4, 0.5) is 4.39 Å². The molecule has 20 heavy (non-hydrogen) atoms. The normalized spacial score (nSPS) is 16.9. The van der Waals surface area contributed by atoms with Gasteiger partial charge >= 0.3 is 0 Å². The molecule has 1 atom stereocenters. The first-order valence-corrected chi connectivity index (χ1v) is 6.79. The molecular formula is C15H18FN3O. The van der Waals surface area contributed by atoms with Crippen molar-refractivity contribution < 1.29 is 9.50 Å². The molecular weight excluding hydrogens is 257 g/mol. The number of hydrogen-bond donors (Lipinski definition) is 1.